The molecule has 0 amide bonds. The number of aromatic nitrogens is 2. The van der Waals surface area contributed by atoms with E-state index in [2.05, 4.69) is 53.2 Å². The first-order chi connectivity index (χ1) is 9.78. The zero-order valence-electron chi connectivity index (χ0n) is 12.4. The minimum atomic E-state index is 0.733. The van der Waals surface area contributed by atoms with Gasteiger partial charge in [0.05, 0.1) is 12.7 Å². The molecule has 0 aliphatic heterocycles. The third-order valence-corrected chi connectivity index (χ3v) is 3.94. The Morgan fingerprint density at radius 2 is 2.00 bits per heavy atom. The molecule has 0 bridgehead atoms. The van der Waals surface area contributed by atoms with Crippen LogP contribution in [0.2, 0.25) is 0 Å². The Morgan fingerprint density at radius 3 is 2.65 bits per heavy atom. The molecule has 3 rings (SSSR count). The summed E-state index contributed by atoms with van der Waals surface area (Å²) in [4.78, 5) is 0. The monoisotopic (exact) mass is 269 g/mol. The Kier molecular flexibility index (Phi) is 3.88. The van der Waals surface area contributed by atoms with Gasteiger partial charge in [-0.2, -0.15) is 5.10 Å². The molecule has 2 aromatic rings. The molecule has 3 nitrogen and oxygen atoms in total. The summed E-state index contributed by atoms with van der Waals surface area (Å²) in [5.74, 6) is 0.733. The van der Waals surface area contributed by atoms with Crippen LogP contribution >= 0.6 is 0 Å². The second kappa shape index (κ2) is 5.80. The van der Waals surface area contributed by atoms with E-state index in [0.717, 1.165) is 25.6 Å². The molecule has 1 aliphatic carbocycles. The molecule has 3 heteroatoms. The third kappa shape index (κ3) is 2.93. The molecule has 1 aliphatic rings. The smallest absolute Gasteiger partial charge is 0.0662 e. The van der Waals surface area contributed by atoms with Crippen LogP contribution in [0, 0.1) is 6.92 Å². The minimum absolute atomic E-state index is 0.733. The lowest BCUT2D eigenvalue weighted by Crippen LogP contribution is -2.13. The summed E-state index contributed by atoms with van der Waals surface area (Å²) in [6.07, 6.45) is 4.68. The molecule has 0 unspecified atom stereocenters. The zero-order chi connectivity index (χ0) is 13.9. The van der Waals surface area contributed by atoms with Crippen LogP contribution in [0.15, 0.2) is 30.5 Å². The van der Waals surface area contributed by atoms with E-state index in [1.165, 1.54) is 35.2 Å². The molecule has 1 fully saturated rings. The fourth-order valence-electron chi connectivity index (χ4n) is 2.65. The molecule has 0 atom stereocenters. The minimum Gasteiger partial charge on any atom is -0.313 e. The van der Waals surface area contributed by atoms with Crippen LogP contribution in [-0.2, 0) is 13.1 Å². The molecule has 106 valence electrons. The SMILES string of the molecule is CCNCc1cnn(Cc2ccc(C)cc2)c1C1CC1. The first kappa shape index (κ1) is 13.4. The predicted molar refractivity (Wildman–Crippen MR) is 81.9 cm³/mol. The molecule has 1 aromatic heterocycles. The van der Waals surface area contributed by atoms with Crippen LogP contribution in [0.3, 0.4) is 0 Å². The van der Waals surface area contributed by atoms with Crippen LogP contribution in [-0.4, -0.2) is 16.3 Å². The molecular formula is C17H23N3. The maximum absolute atomic E-state index is 4.62. The van der Waals surface area contributed by atoms with Crippen molar-refractivity contribution >= 4 is 0 Å². The molecule has 0 spiro atoms. The number of nitrogens with zero attached hydrogens (tertiary/aromatic N) is 2. The number of hydrogen-bond donors (Lipinski definition) is 1. The van der Waals surface area contributed by atoms with Gasteiger partial charge in [0.25, 0.3) is 0 Å². The van der Waals surface area contributed by atoms with E-state index in [0.29, 0.717) is 0 Å². The van der Waals surface area contributed by atoms with Crippen molar-refractivity contribution in [3.63, 3.8) is 0 Å². The number of aryl methyl sites for hydroxylation is 1. The fourth-order valence-corrected chi connectivity index (χ4v) is 2.65. The number of benzene rings is 1. The van der Waals surface area contributed by atoms with Gasteiger partial charge in [0.15, 0.2) is 0 Å². The van der Waals surface area contributed by atoms with E-state index < -0.39 is 0 Å². The maximum atomic E-state index is 4.62. The maximum Gasteiger partial charge on any atom is 0.0662 e. The fraction of sp³-hybridized carbons (Fsp3) is 0.471. The summed E-state index contributed by atoms with van der Waals surface area (Å²) in [6.45, 7) is 7.11. The molecule has 20 heavy (non-hydrogen) atoms. The zero-order valence-corrected chi connectivity index (χ0v) is 12.4. The van der Waals surface area contributed by atoms with E-state index in [-0.39, 0.29) is 0 Å². The van der Waals surface area contributed by atoms with E-state index in [4.69, 9.17) is 0 Å². The molecule has 0 saturated heterocycles. The van der Waals surface area contributed by atoms with Crippen molar-refractivity contribution in [1.82, 2.24) is 15.1 Å². The molecule has 0 radical (unpaired) electrons. The Bertz CT molecular complexity index is 564. The lowest BCUT2D eigenvalue weighted by atomic mass is 10.1. The van der Waals surface area contributed by atoms with Gasteiger partial charge in [0.2, 0.25) is 0 Å². The van der Waals surface area contributed by atoms with Crippen molar-refractivity contribution < 1.29 is 0 Å². The standard InChI is InChI=1S/C17H23N3/c1-3-18-10-16-11-19-20(17(16)15-8-9-15)12-14-6-4-13(2)5-7-14/h4-7,11,15,18H,3,8-10,12H2,1-2H3. The van der Waals surface area contributed by atoms with Crippen LogP contribution < -0.4 is 5.32 Å². The second-order valence-electron chi connectivity index (χ2n) is 5.75. The van der Waals surface area contributed by atoms with Crippen LogP contribution in [0.25, 0.3) is 0 Å². The van der Waals surface area contributed by atoms with Gasteiger partial charge >= 0.3 is 0 Å². The lowest BCUT2D eigenvalue weighted by molar-refractivity contribution is 0.639. The highest BCUT2D eigenvalue weighted by Crippen LogP contribution is 2.41. The van der Waals surface area contributed by atoms with Gasteiger partial charge in [0.1, 0.15) is 0 Å². The number of nitrogens with one attached hydrogen (secondary N) is 1. The highest BCUT2D eigenvalue weighted by Gasteiger charge is 2.29. The van der Waals surface area contributed by atoms with Gasteiger partial charge in [-0.15, -0.1) is 0 Å². The van der Waals surface area contributed by atoms with E-state index in [9.17, 15) is 0 Å². The van der Waals surface area contributed by atoms with Gasteiger partial charge in [-0.25, -0.2) is 0 Å². The quantitative estimate of drug-likeness (QED) is 0.872. The van der Waals surface area contributed by atoms with Crippen LogP contribution in [0.1, 0.15) is 48.1 Å². The van der Waals surface area contributed by atoms with Crippen molar-refractivity contribution in [3.8, 4) is 0 Å². The Labute approximate surface area is 121 Å². The average molecular weight is 269 g/mol. The highest BCUT2D eigenvalue weighted by atomic mass is 15.3. The number of rotatable bonds is 6. The summed E-state index contributed by atoms with van der Waals surface area (Å²) in [5, 5.41) is 8.04. The summed E-state index contributed by atoms with van der Waals surface area (Å²) in [5.41, 5.74) is 5.47. The topological polar surface area (TPSA) is 29.9 Å². The van der Waals surface area contributed by atoms with Crippen LogP contribution in [0.5, 0.6) is 0 Å². The largest absolute Gasteiger partial charge is 0.313 e. The Morgan fingerprint density at radius 1 is 1.25 bits per heavy atom. The first-order valence-corrected chi connectivity index (χ1v) is 7.58. The second-order valence-corrected chi connectivity index (χ2v) is 5.75. The lowest BCUT2D eigenvalue weighted by Gasteiger charge is -2.10. The van der Waals surface area contributed by atoms with Crippen molar-refractivity contribution in [2.24, 2.45) is 0 Å². The number of hydrogen-bond acceptors (Lipinski definition) is 2. The van der Waals surface area contributed by atoms with E-state index in [1.54, 1.807) is 0 Å². The molecular weight excluding hydrogens is 246 g/mol. The molecule has 1 heterocycles. The van der Waals surface area contributed by atoms with Gasteiger partial charge in [-0.05, 0) is 31.9 Å². The van der Waals surface area contributed by atoms with Crippen LogP contribution in [0.4, 0.5) is 0 Å². The summed E-state index contributed by atoms with van der Waals surface area (Å²) < 4.78 is 2.20. The average Bonchev–Trinajstić information content (AvgIpc) is 3.21. The highest BCUT2D eigenvalue weighted by molar-refractivity contribution is 5.28. The first-order valence-electron chi connectivity index (χ1n) is 7.58. The predicted octanol–water partition coefficient (Wildman–Crippen LogP) is 3.23. The molecule has 1 saturated carbocycles. The van der Waals surface area contributed by atoms with Gasteiger partial charge in [-0.1, -0.05) is 36.8 Å². The Hall–Kier alpha value is -1.61. The van der Waals surface area contributed by atoms with Gasteiger partial charge in [0, 0.05) is 23.7 Å². The van der Waals surface area contributed by atoms with E-state index in [1.807, 2.05) is 6.20 Å². The van der Waals surface area contributed by atoms with Crippen molar-refractivity contribution in [3.05, 3.63) is 52.8 Å². The summed E-state index contributed by atoms with van der Waals surface area (Å²) in [6, 6.07) is 8.76. The summed E-state index contributed by atoms with van der Waals surface area (Å²) in [7, 11) is 0. The normalized spacial score (nSPS) is 14.7. The van der Waals surface area contributed by atoms with E-state index >= 15 is 0 Å². The molecule has 1 N–H and O–H groups in total. The van der Waals surface area contributed by atoms with Crippen molar-refractivity contribution in [2.75, 3.05) is 6.54 Å². The third-order valence-electron chi connectivity index (χ3n) is 3.94. The van der Waals surface area contributed by atoms with Gasteiger partial charge < -0.3 is 5.32 Å². The van der Waals surface area contributed by atoms with Gasteiger partial charge in [-0.3, -0.25) is 4.68 Å². The summed E-state index contributed by atoms with van der Waals surface area (Å²) >= 11 is 0. The van der Waals surface area contributed by atoms with Crippen molar-refractivity contribution in [1.29, 1.82) is 0 Å². The molecule has 1 aromatic carbocycles. The Balaban J connectivity index is 1.81. The van der Waals surface area contributed by atoms with Crippen molar-refractivity contribution in [2.45, 2.75) is 45.7 Å².